The van der Waals surface area contributed by atoms with E-state index in [1.165, 1.54) is 12.0 Å². The van der Waals surface area contributed by atoms with Crippen molar-refractivity contribution in [1.29, 1.82) is 0 Å². The van der Waals surface area contributed by atoms with Gasteiger partial charge in [0.25, 0.3) is 5.91 Å². The zero-order valence-electron chi connectivity index (χ0n) is 19.8. The lowest BCUT2D eigenvalue weighted by molar-refractivity contribution is -0.378. The Morgan fingerprint density at radius 2 is 1.79 bits per heavy atom. The predicted octanol–water partition coefficient (Wildman–Crippen LogP) is 3.23. The van der Waals surface area contributed by atoms with Crippen LogP contribution >= 0.6 is 0 Å². The van der Waals surface area contributed by atoms with E-state index in [4.69, 9.17) is 4.74 Å². The first-order valence-electron chi connectivity index (χ1n) is 11.2. The summed E-state index contributed by atoms with van der Waals surface area (Å²) < 4.78 is 5.24. The third kappa shape index (κ3) is 4.44. The van der Waals surface area contributed by atoms with Gasteiger partial charge >= 0.3 is 0 Å². The Kier molecular flexibility index (Phi) is 6.24. The fraction of sp³-hybridized carbons (Fsp3) is 0.250. The lowest BCUT2D eigenvalue weighted by Crippen LogP contribution is -2.29. The Labute approximate surface area is 199 Å². The maximum absolute atomic E-state index is 13.6. The second-order valence-electron chi connectivity index (χ2n) is 9.42. The summed E-state index contributed by atoms with van der Waals surface area (Å²) in [5, 5.41) is 13.6. The van der Waals surface area contributed by atoms with E-state index in [0.29, 0.717) is 11.3 Å². The molecule has 2 heterocycles. The molecule has 2 aromatic carbocycles. The topological polar surface area (TPSA) is 83.8 Å². The summed E-state index contributed by atoms with van der Waals surface area (Å²) in [6.07, 6.45) is 3.55. The van der Waals surface area contributed by atoms with E-state index in [0.717, 1.165) is 16.7 Å². The van der Waals surface area contributed by atoms with Crippen molar-refractivity contribution in [3.8, 4) is 5.75 Å². The van der Waals surface area contributed by atoms with Gasteiger partial charge in [-0.2, -0.15) is 0 Å². The SMILES string of the molecule is COc1cccc(/C([O-])=C2\C(=O)C(=O)N(Cc3ccc[nH+]c3)C2c2ccc(C(C)(C)C)cc2)c1. The lowest BCUT2D eigenvalue weighted by Gasteiger charge is -2.28. The fourth-order valence-corrected chi connectivity index (χ4v) is 4.19. The minimum Gasteiger partial charge on any atom is -0.872 e. The number of amides is 1. The number of hydrogen-bond donors (Lipinski definition) is 0. The molecule has 0 saturated carbocycles. The van der Waals surface area contributed by atoms with E-state index < -0.39 is 23.5 Å². The van der Waals surface area contributed by atoms with Crippen molar-refractivity contribution in [3.63, 3.8) is 0 Å². The molecule has 1 fully saturated rings. The van der Waals surface area contributed by atoms with Crippen LogP contribution < -0.4 is 14.8 Å². The van der Waals surface area contributed by atoms with E-state index in [1.807, 2.05) is 36.4 Å². The number of likely N-dealkylation sites (tertiary alicyclic amines) is 1. The van der Waals surface area contributed by atoms with Gasteiger partial charge in [0.2, 0.25) is 5.78 Å². The number of pyridine rings is 1. The van der Waals surface area contributed by atoms with E-state index in [1.54, 1.807) is 36.7 Å². The molecule has 0 spiro atoms. The molecule has 1 aliphatic rings. The molecule has 0 aliphatic carbocycles. The summed E-state index contributed by atoms with van der Waals surface area (Å²) in [6.45, 7) is 6.55. The number of Topliss-reactive ketones (excluding diaryl/α,β-unsaturated/α-hetero) is 1. The molecule has 4 rings (SSSR count). The summed E-state index contributed by atoms with van der Waals surface area (Å²) >= 11 is 0. The Morgan fingerprint density at radius 1 is 1.06 bits per heavy atom. The Bertz CT molecular complexity index is 1240. The summed E-state index contributed by atoms with van der Waals surface area (Å²) in [7, 11) is 1.51. The standard InChI is InChI=1S/C28H28N2O4/c1-28(2,3)21-12-10-19(11-13-21)24-23(25(31)20-8-5-9-22(15-20)34-4)26(32)27(33)30(24)17-18-7-6-14-29-16-18/h5-16,24,31H,17H2,1-4H3/b25-23+. The summed E-state index contributed by atoms with van der Waals surface area (Å²) in [6, 6.07) is 17.3. The van der Waals surface area contributed by atoms with Gasteiger partial charge in [-0.25, -0.2) is 4.98 Å². The molecule has 34 heavy (non-hydrogen) atoms. The Hall–Kier alpha value is -3.93. The first kappa shape index (κ1) is 23.2. The van der Waals surface area contributed by atoms with Crippen LogP contribution in [0.3, 0.4) is 0 Å². The number of H-pyrrole nitrogens is 1. The molecule has 0 radical (unpaired) electrons. The van der Waals surface area contributed by atoms with Crippen molar-refractivity contribution < 1.29 is 24.4 Å². The number of aromatic amines is 1. The first-order valence-corrected chi connectivity index (χ1v) is 11.2. The summed E-state index contributed by atoms with van der Waals surface area (Å²) in [4.78, 5) is 30.8. The van der Waals surface area contributed by atoms with Gasteiger partial charge in [0.05, 0.1) is 19.7 Å². The molecule has 6 nitrogen and oxygen atoms in total. The van der Waals surface area contributed by atoms with Gasteiger partial charge in [0.1, 0.15) is 5.75 Å². The van der Waals surface area contributed by atoms with Crippen molar-refractivity contribution in [1.82, 2.24) is 4.90 Å². The monoisotopic (exact) mass is 456 g/mol. The predicted molar refractivity (Wildman–Crippen MR) is 126 cm³/mol. The number of benzene rings is 2. The van der Waals surface area contributed by atoms with Crippen LogP contribution in [0.2, 0.25) is 0 Å². The molecular formula is C28H28N2O4. The smallest absolute Gasteiger partial charge is 0.295 e. The quantitative estimate of drug-likeness (QED) is 0.335. The number of carbonyl (C=O) groups is 2. The number of hydrogen-bond acceptors (Lipinski definition) is 4. The van der Waals surface area contributed by atoms with Crippen molar-refractivity contribution in [2.45, 2.75) is 38.8 Å². The van der Waals surface area contributed by atoms with Crippen molar-refractivity contribution in [3.05, 3.63) is 101 Å². The van der Waals surface area contributed by atoms with Crippen molar-refractivity contribution in [2.75, 3.05) is 7.11 Å². The third-order valence-electron chi connectivity index (χ3n) is 6.08. The van der Waals surface area contributed by atoms with Crippen LogP contribution in [0.1, 0.15) is 49.1 Å². The van der Waals surface area contributed by atoms with E-state index in [-0.39, 0.29) is 17.5 Å². The Balaban J connectivity index is 1.86. The van der Waals surface area contributed by atoms with Gasteiger partial charge in [-0.1, -0.05) is 62.9 Å². The molecule has 6 heteroatoms. The van der Waals surface area contributed by atoms with Gasteiger partial charge in [-0.3, -0.25) is 9.59 Å². The second-order valence-corrected chi connectivity index (χ2v) is 9.42. The van der Waals surface area contributed by atoms with Crippen LogP contribution in [-0.4, -0.2) is 23.7 Å². The number of methoxy groups -OCH3 is 1. The van der Waals surface area contributed by atoms with E-state index in [2.05, 4.69) is 25.8 Å². The number of rotatable bonds is 5. The molecule has 1 amide bonds. The molecular weight excluding hydrogens is 428 g/mol. The maximum Gasteiger partial charge on any atom is 0.295 e. The van der Waals surface area contributed by atoms with Crippen LogP contribution in [0.5, 0.6) is 5.75 Å². The highest BCUT2D eigenvalue weighted by Gasteiger charge is 2.44. The summed E-state index contributed by atoms with van der Waals surface area (Å²) in [5.41, 5.74) is 2.89. The number of ether oxygens (including phenoxy) is 1. The summed E-state index contributed by atoms with van der Waals surface area (Å²) in [5.74, 6) is -1.41. The molecule has 1 saturated heterocycles. The largest absolute Gasteiger partial charge is 0.872 e. The molecule has 174 valence electrons. The molecule has 3 aromatic rings. The average molecular weight is 457 g/mol. The molecule has 1 N–H and O–H groups in total. The zero-order valence-corrected chi connectivity index (χ0v) is 19.8. The van der Waals surface area contributed by atoms with Gasteiger partial charge in [-0.05, 0) is 40.3 Å². The van der Waals surface area contributed by atoms with Gasteiger partial charge in [-0.15, -0.1) is 0 Å². The third-order valence-corrected chi connectivity index (χ3v) is 6.08. The molecule has 1 unspecified atom stereocenters. The highest BCUT2D eigenvalue weighted by molar-refractivity contribution is 6.46. The number of carbonyl (C=O) groups excluding carboxylic acids is 2. The zero-order chi connectivity index (χ0) is 24.5. The number of nitrogens with zero attached hydrogens (tertiary/aromatic N) is 1. The van der Waals surface area contributed by atoms with Crippen molar-refractivity contribution >= 4 is 17.4 Å². The van der Waals surface area contributed by atoms with Crippen LogP contribution in [-0.2, 0) is 21.5 Å². The maximum atomic E-state index is 13.6. The van der Waals surface area contributed by atoms with Gasteiger partial charge < -0.3 is 14.7 Å². The highest BCUT2D eigenvalue weighted by atomic mass is 16.5. The van der Waals surface area contributed by atoms with Gasteiger partial charge in [0, 0.05) is 17.2 Å². The van der Waals surface area contributed by atoms with Crippen LogP contribution in [0, 0.1) is 0 Å². The van der Waals surface area contributed by atoms with E-state index in [9.17, 15) is 14.7 Å². The van der Waals surface area contributed by atoms with Crippen LogP contribution in [0.25, 0.3) is 5.76 Å². The highest BCUT2D eigenvalue weighted by Crippen LogP contribution is 2.40. The minimum absolute atomic E-state index is 0.0401. The molecule has 1 atom stereocenters. The second kappa shape index (κ2) is 9.14. The molecule has 1 aliphatic heterocycles. The van der Waals surface area contributed by atoms with E-state index >= 15 is 0 Å². The molecule has 1 aromatic heterocycles. The lowest BCUT2D eigenvalue weighted by atomic mass is 9.85. The van der Waals surface area contributed by atoms with Crippen LogP contribution in [0.15, 0.2) is 78.6 Å². The molecule has 0 bridgehead atoms. The fourth-order valence-electron chi connectivity index (χ4n) is 4.19. The first-order chi connectivity index (χ1) is 16.2. The minimum atomic E-state index is -0.784. The number of ketones is 1. The van der Waals surface area contributed by atoms with Crippen molar-refractivity contribution in [2.24, 2.45) is 0 Å². The number of nitrogens with one attached hydrogen (secondary N) is 1. The normalized spacial score (nSPS) is 17.8. The van der Waals surface area contributed by atoms with Gasteiger partial charge in [0.15, 0.2) is 12.4 Å². The average Bonchev–Trinajstić information content (AvgIpc) is 3.08. The Morgan fingerprint density at radius 3 is 2.41 bits per heavy atom. The van der Waals surface area contributed by atoms with Crippen LogP contribution in [0.4, 0.5) is 0 Å². The number of aromatic nitrogens is 1.